The van der Waals surface area contributed by atoms with E-state index in [2.05, 4.69) is 82.5 Å². The van der Waals surface area contributed by atoms with Gasteiger partial charge in [-0.3, -0.25) is 0 Å². The van der Waals surface area contributed by atoms with Crippen LogP contribution in [0.2, 0.25) is 0 Å². The molecule has 0 fully saturated rings. The molecule has 5 rings (SSSR count). The van der Waals surface area contributed by atoms with Crippen molar-refractivity contribution in [3.8, 4) is 22.3 Å². The molecule has 114 valence electrons. The molecule has 0 atom stereocenters. The molecule has 0 unspecified atom stereocenters. The molecule has 2 aromatic heterocycles. The van der Waals surface area contributed by atoms with E-state index in [1.54, 1.807) is 11.3 Å². The number of fused-ring (bicyclic) bond motifs is 2. The van der Waals surface area contributed by atoms with Gasteiger partial charge in [0.25, 0.3) is 0 Å². The van der Waals surface area contributed by atoms with Gasteiger partial charge in [-0.2, -0.15) is 11.3 Å². The van der Waals surface area contributed by atoms with E-state index < -0.39 is 0 Å². The highest BCUT2D eigenvalue weighted by molar-refractivity contribution is 7.08. The highest BCUT2D eigenvalue weighted by Crippen LogP contribution is 2.43. The summed E-state index contributed by atoms with van der Waals surface area (Å²) in [5.41, 5.74) is 6.35. The van der Waals surface area contributed by atoms with Gasteiger partial charge in [0, 0.05) is 17.1 Å². The van der Waals surface area contributed by atoms with Gasteiger partial charge in [0.1, 0.15) is 0 Å². The molecule has 0 spiro atoms. The summed E-state index contributed by atoms with van der Waals surface area (Å²) >= 11 is 1.74. The lowest BCUT2D eigenvalue weighted by Crippen LogP contribution is -1.88. The molecule has 0 bridgehead atoms. The normalized spacial score (nSPS) is 11.3. The van der Waals surface area contributed by atoms with Gasteiger partial charge in [-0.15, -0.1) is 0 Å². The summed E-state index contributed by atoms with van der Waals surface area (Å²) in [4.78, 5) is 3.48. The van der Waals surface area contributed by atoms with E-state index in [0.29, 0.717) is 0 Å². The zero-order valence-electron chi connectivity index (χ0n) is 13.0. The monoisotopic (exact) mass is 325 g/mol. The van der Waals surface area contributed by atoms with E-state index in [9.17, 15) is 0 Å². The topological polar surface area (TPSA) is 15.8 Å². The van der Waals surface area contributed by atoms with Crippen LogP contribution in [0.1, 0.15) is 0 Å². The molecule has 0 amide bonds. The molecule has 0 aliphatic carbocycles. The van der Waals surface area contributed by atoms with E-state index in [-0.39, 0.29) is 0 Å². The maximum Gasteiger partial charge on any atom is 0.0546 e. The minimum Gasteiger partial charge on any atom is -0.361 e. The van der Waals surface area contributed by atoms with Crippen molar-refractivity contribution in [2.75, 3.05) is 0 Å². The second-order valence-corrected chi connectivity index (χ2v) is 6.72. The molecule has 0 aliphatic heterocycles. The fraction of sp³-hybridized carbons (Fsp3) is 0. The van der Waals surface area contributed by atoms with Crippen LogP contribution in [0.3, 0.4) is 0 Å². The van der Waals surface area contributed by atoms with Crippen molar-refractivity contribution in [3.63, 3.8) is 0 Å². The minimum absolute atomic E-state index is 1.21. The Kier molecular flexibility index (Phi) is 3.03. The number of hydrogen-bond donors (Lipinski definition) is 1. The number of aromatic nitrogens is 1. The number of nitrogens with one attached hydrogen (secondary N) is 1. The Bertz CT molecular complexity index is 1130. The van der Waals surface area contributed by atoms with E-state index in [1.165, 1.54) is 43.9 Å². The summed E-state index contributed by atoms with van der Waals surface area (Å²) in [5, 5.41) is 8.26. The first kappa shape index (κ1) is 13.6. The average molecular weight is 325 g/mol. The molecular weight excluding hydrogens is 310 g/mol. The van der Waals surface area contributed by atoms with Gasteiger partial charge in [0.2, 0.25) is 0 Å². The zero-order chi connectivity index (χ0) is 15.9. The Labute approximate surface area is 144 Å². The van der Waals surface area contributed by atoms with Gasteiger partial charge < -0.3 is 4.98 Å². The number of H-pyrrole nitrogens is 1. The van der Waals surface area contributed by atoms with E-state index >= 15 is 0 Å². The lowest BCUT2D eigenvalue weighted by Gasteiger charge is -2.14. The van der Waals surface area contributed by atoms with Crippen molar-refractivity contribution in [2.24, 2.45) is 0 Å². The summed E-state index contributed by atoms with van der Waals surface area (Å²) in [6.07, 6.45) is 2.05. The minimum atomic E-state index is 1.21. The summed E-state index contributed by atoms with van der Waals surface area (Å²) in [5.74, 6) is 0. The SMILES string of the molecule is c1ccc(-c2c3ccccc3c(-c3ccsc3)c3cc[nH]c23)cc1. The van der Waals surface area contributed by atoms with Crippen LogP contribution in [0, 0.1) is 0 Å². The molecule has 1 N–H and O–H groups in total. The van der Waals surface area contributed by atoms with Crippen molar-refractivity contribution >= 4 is 33.0 Å². The van der Waals surface area contributed by atoms with E-state index in [4.69, 9.17) is 0 Å². The first-order valence-electron chi connectivity index (χ1n) is 8.03. The number of hydrogen-bond acceptors (Lipinski definition) is 1. The van der Waals surface area contributed by atoms with Crippen LogP contribution in [0.4, 0.5) is 0 Å². The summed E-state index contributed by atoms with van der Waals surface area (Å²) in [6, 6.07) is 23.8. The van der Waals surface area contributed by atoms with Crippen molar-refractivity contribution < 1.29 is 0 Å². The fourth-order valence-corrected chi connectivity index (χ4v) is 4.25. The Morgan fingerprint density at radius 2 is 1.38 bits per heavy atom. The van der Waals surface area contributed by atoms with Gasteiger partial charge in [-0.25, -0.2) is 0 Å². The maximum atomic E-state index is 3.48. The van der Waals surface area contributed by atoms with Crippen LogP contribution in [0.25, 0.3) is 43.9 Å². The molecule has 1 nitrogen and oxygen atoms in total. The number of thiophene rings is 1. The van der Waals surface area contributed by atoms with Gasteiger partial charge in [0.05, 0.1) is 5.52 Å². The highest BCUT2D eigenvalue weighted by Gasteiger charge is 2.16. The molecule has 0 aliphatic rings. The summed E-state index contributed by atoms with van der Waals surface area (Å²) in [6.45, 7) is 0. The van der Waals surface area contributed by atoms with Crippen molar-refractivity contribution in [2.45, 2.75) is 0 Å². The molecule has 0 radical (unpaired) electrons. The predicted octanol–water partition coefficient (Wildman–Crippen LogP) is 6.72. The van der Waals surface area contributed by atoms with Crippen LogP contribution in [0.5, 0.6) is 0 Å². The lowest BCUT2D eigenvalue weighted by molar-refractivity contribution is 1.48. The first-order chi connectivity index (χ1) is 11.9. The average Bonchev–Trinajstić information content (AvgIpc) is 3.32. The second kappa shape index (κ2) is 5.36. The van der Waals surface area contributed by atoms with Crippen molar-refractivity contribution in [3.05, 3.63) is 83.7 Å². The van der Waals surface area contributed by atoms with E-state index in [1.807, 2.05) is 6.20 Å². The van der Waals surface area contributed by atoms with Crippen molar-refractivity contribution in [1.29, 1.82) is 0 Å². The van der Waals surface area contributed by atoms with Gasteiger partial charge in [-0.05, 0) is 50.4 Å². The largest absolute Gasteiger partial charge is 0.361 e. The molecule has 2 heterocycles. The number of benzene rings is 3. The lowest BCUT2D eigenvalue weighted by atomic mass is 9.90. The third-order valence-corrected chi connectivity index (χ3v) is 5.29. The third kappa shape index (κ3) is 1.93. The molecule has 0 saturated carbocycles. The zero-order valence-corrected chi connectivity index (χ0v) is 13.8. The van der Waals surface area contributed by atoms with Crippen LogP contribution in [0.15, 0.2) is 83.7 Å². The van der Waals surface area contributed by atoms with E-state index in [0.717, 1.165) is 0 Å². The van der Waals surface area contributed by atoms with Crippen LogP contribution in [-0.2, 0) is 0 Å². The standard InChI is InChI=1S/C22H15NS/c1-2-6-15(7-3-1)21-18-9-5-4-8-17(18)20(16-11-13-24-14-16)19-10-12-23-22(19)21/h1-14,23H. The molecule has 0 saturated heterocycles. The summed E-state index contributed by atoms with van der Waals surface area (Å²) < 4.78 is 0. The molecule has 5 aromatic rings. The van der Waals surface area contributed by atoms with Crippen molar-refractivity contribution in [1.82, 2.24) is 4.98 Å². The van der Waals surface area contributed by atoms with Crippen LogP contribution in [-0.4, -0.2) is 4.98 Å². The van der Waals surface area contributed by atoms with Crippen LogP contribution < -0.4 is 0 Å². The molecule has 2 heteroatoms. The number of aromatic amines is 1. The number of rotatable bonds is 2. The maximum absolute atomic E-state index is 3.48. The predicted molar refractivity (Wildman–Crippen MR) is 105 cm³/mol. The van der Waals surface area contributed by atoms with Gasteiger partial charge in [0.15, 0.2) is 0 Å². The third-order valence-electron chi connectivity index (χ3n) is 4.60. The smallest absolute Gasteiger partial charge is 0.0546 e. The highest BCUT2D eigenvalue weighted by atomic mass is 32.1. The Morgan fingerprint density at radius 1 is 0.625 bits per heavy atom. The summed E-state index contributed by atoms with van der Waals surface area (Å²) in [7, 11) is 0. The molecular formula is C22H15NS. The Hall–Kier alpha value is -2.84. The van der Waals surface area contributed by atoms with Gasteiger partial charge in [-0.1, -0.05) is 54.6 Å². The fourth-order valence-electron chi connectivity index (χ4n) is 3.61. The first-order valence-corrected chi connectivity index (χ1v) is 8.97. The Morgan fingerprint density at radius 3 is 2.12 bits per heavy atom. The Balaban J connectivity index is 2.02. The van der Waals surface area contributed by atoms with Gasteiger partial charge >= 0.3 is 0 Å². The molecule has 24 heavy (non-hydrogen) atoms. The second-order valence-electron chi connectivity index (χ2n) is 5.94. The quantitative estimate of drug-likeness (QED) is 0.371. The van der Waals surface area contributed by atoms with Crippen LogP contribution >= 0.6 is 11.3 Å². The molecule has 3 aromatic carbocycles.